The van der Waals surface area contributed by atoms with Crippen molar-refractivity contribution in [2.24, 2.45) is 0 Å². The standard InChI is InChI=1S/C17H15F3N2/c1-3-14-10-21-16-6-4-5-15(22(14)16)12-7-11(2)8-13(9-12)17(18,19)20/h4-10H,3H2,1-2H3. The van der Waals surface area contributed by atoms with Crippen molar-refractivity contribution in [2.75, 3.05) is 0 Å². The Morgan fingerprint density at radius 3 is 2.59 bits per heavy atom. The lowest BCUT2D eigenvalue weighted by Crippen LogP contribution is -2.06. The van der Waals surface area contributed by atoms with Crippen molar-refractivity contribution in [3.05, 3.63) is 59.4 Å². The Kier molecular flexibility index (Phi) is 3.43. The Morgan fingerprint density at radius 2 is 1.91 bits per heavy atom. The van der Waals surface area contributed by atoms with Gasteiger partial charge < -0.3 is 0 Å². The first-order valence-corrected chi connectivity index (χ1v) is 7.04. The summed E-state index contributed by atoms with van der Waals surface area (Å²) in [5.74, 6) is 0. The molecule has 2 nitrogen and oxygen atoms in total. The molecular formula is C17H15F3N2. The van der Waals surface area contributed by atoms with E-state index in [-0.39, 0.29) is 0 Å². The van der Waals surface area contributed by atoms with Crippen LogP contribution in [0.25, 0.3) is 16.9 Å². The highest BCUT2D eigenvalue weighted by Crippen LogP contribution is 2.33. The Morgan fingerprint density at radius 1 is 1.14 bits per heavy atom. The number of aryl methyl sites for hydroxylation is 2. The van der Waals surface area contributed by atoms with Crippen LogP contribution in [0.15, 0.2) is 42.6 Å². The minimum Gasteiger partial charge on any atom is -0.297 e. The SMILES string of the molecule is CCc1cnc2cccc(-c3cc(C)cc(C(F)(F)F)c3)n12. The molecule has 1 aromatic carbocycles. The Balaban J connectivity index is 2.28. The van der Waals surface area contributed by atoms with Crippen LogP contribution in [0, 0.1) is 6.92 Å². The van der Waals surface area contributed by atoms with Crippen LogP contribution in [0.5, 0.6) is 0 Å². The van der Waals surface area contributed by atoms with Crippen LogP contribution in [0.1, 0.15) is 23.7 Å². The number of alkyl halides is 3. The van der Waals surface area contributed by atoms with Gasteiger partial charge in [0, 0.05) is 11.9 Å². The van der Waals surface area contributed by atoms with E-state index in [9.17, 15) is 13.2 Å². The van der Waals surface area contributed by atoms with E-state index >= 15 is 0 Å². The van der Waals surface area contributed by atoms with Crippen LogP contribution < -0.4 is 0 Å². The van der Waals surface area contributed by atoms with Crippen molar-refractivity contribution in [3.8, 4) is 11.3 Å². The topological polar surface area (TPSA) is 17.3 Å². The molecule has 3 rings (SSSR count). The maximum absolute atomic E-state index is 13.0. The summed E-state index contributed by atoms with van der Waals surface area (Å²) in [5.41, 5.74) is 2.94. The van der Waals surface area contributed by atoms with Gasteiger partial charge in [-0.1, -0.05) is 13.0 Å². The smallest absolute Gasteiger partial charge is 0.297 e. The van der Waals surface area contributed by atoms with E-state index in [0.29, 0.717) is 11.1 Å². The number of rotatable bonds is 2. The molecule has 0 saturated carbocycles. The van der Waals surface area contributed by atoms with Crippen molar-refractivity contribution >= 4 is 5.65 Å². The summed E-state index contributed by atoms with van der Waals surface area (Å²) in [6, 6.07) is 9.61. The molecule has 5 heteroatoms. The summed E-state index contributed by atoms with van der Waals surface area (Å²) in [4.78, 5) is 4.31. The lowest BCUT2D eigenvalue weighted by Gasteiger charge is -2.13. The molecule has 2 heterocycles. The number of hydrogen-bond acceptors (Lipinski definition) is 1. The lowest BCUT2D eigenvalue weighted by molar-refractivity contribution is -0.137. The molecule has 114 valence electrons. The molecule has 0 bridgehead atoms. The van der Waals surface area contributed by atoms with E-state index in [2.05, 4.69) is 4.98 Å². The first-order chi connectivity index (χ1) is 10.4. The fourth-order valence-electron chi connectivity index (χ4n) is 2.67. The Bertz CT molecular complexity index is 832. The van der Waals surface area contributed by atoms with Gasteiger partial charge in [0.15, 0.2) is 0 Å². The van der Waals surface area contributed by atoms with Gasteiger partial charge in [-0.25, -0.2) is 4.98 Å². The summed E-state index contributed by atoms with van der Waals surface area (Å²) in [7, 11) is 0. The summed E-state index contributed by atoms with van der Waals surface area (Å²) in [6.45, 7) is 3.67. The highest BCUT2D eigenvalue weighted by Gasteiger charge is 2.31. The summed E-state index contributed by atoms with van der Waals surface area (Å²) < 4.78 is 41.0. The van der Waals surface area contributed by atoms with E-state index in [1.807, 2.05) is 29.5 Å². The quantitative estimate of drug-likeness (QED) is 0.659. The van der Waals surface area contributed by atoms with Crippen LogP contribution in [0.3, 0.4) is 0 Å². The number of hydrogen-bond donors (Lipinski definition) is 0. The number of halogens is 3. The molecule has 0 saturated heterocycles. The molecule has 0 aliphatic heterocycles. The average Bonchev–Trinajstić information content (AvgIpc) is 2.88. The average molecular weight is 304 g/mol. The van der Waals surface area contributed by atoms with Gasteiger partial charge in [-0.15, -0.1) is 0 Å². The second kappa shape index (κ2) is 5.16. The summed E-state index contributed by atoms with van der Waals surface area (Å²) in [5, 5.41) is 0. The van der Waals surface area contributed by atoms with Gasteiger partial charge in [0.1, 0.15) is 5.65 Å². The molecule has 0 aliphatic carbocycles. The number of benzene rings is 1. The van der Waals surface area contributed by atoms with Crippen molar-refractivity contribution < 1.29 is 13.2 Å². The molecule has 3 aromatic rings. The highest BCUT2D eigenvalue weighted by atomic mass is 19.4. The molecular weight excluding hydrogens is 289 g/mol. The molecule has 0 radical (unpaired) electrons. The second-order valence-corrected chi connectivity index (χ2v) is 5.29. The molecule has 2 aromatic heterocycles. The zero-order chi connectivity index (χ0) is 15.9. The lowest BCUT2D eigenvalue weighted by atomic mass is 10.0. The van der Waals surface area contributed by atoms with E-state index < -0.39 is 11.7 Å². The predicted molar refractivity (Wildman–Crippen MR) is 79.7 cm³/mol. The highest BCUT2D eigenvalue weighted by molar-refractivity contribution is 5.66. The molecule has 0 atom stereocenters. The van der Waals surface area contributed by atoms with Gasteiger partial charge in [0.05, 0.1) is 11.3 Å². The van der Waals surface area contributed by atoms with E-state index in [0.717, 1.165) is 29.5 Å². The normalized spacial score (nSPS) is 12.0. The zero-order valence-corrected chi connectivity index (χ0v) is 12.3. The number of imidazole rings is 1. The van der Waals surface area contributed by atoms with Gasteiger partial charge in [-0.05, 0) is 54.8 Å². The zero-order valence-electron chi connectivity index (χ0n) is 12.3. The van der Waals surface area contributed by atoms with E-state index in [1.165, 1.54) is 6.07 Å². The van der Waals surface area contributed by atoms with Crippen LogP contribution >= 0.6 is 0 Å². The van der Waals surface area contributed by atoms with Gasteiger partial charge in [-0.2, -0.15) is 13.2 Å². The first kappa shape index (κ1) is 14.6. The molecule has 0 fully saturated rings. The predicted octanol–water partition coefficient (Wildman–Crippen LogP) is 4.89. The minimum atomic E-state index is -4.35. The third-order valence-corrected chi connectivity index (χ3v) is 3.67. The van der Waals surface area contributed by atoms with E-state index in [4.69, 9.17) is 0 Å². The van der Waals surface area contributed by atoms with Crippen molar-refractivity contribution in [2.45, 2.75) is 26.4 Å². The molecule has 0 aliphatic rings. The molecule has 0 N–H and O–H groups in total. The van der Waals surface area contributed by atoms with Crippen molar-refractivity contribution in [3.63, 3.8) is 0 Å². The third-order valence-electron chi connectivity index (χ3n) is 3.67. The number of fused-ring (bicyclic) bond motifs is 1. The van der Waals surface area contributed by atoms with Crippen molar-refractivity contribution in [1.29, 1.82) is 0 Å². The Labute approximate surface area is 126 Å². The van der Waals surface area contributed by atoms with Gasteiger partial charge >= 0.3 is 6.18 Å². The van der Waals surface area contributed by atoms with E-state index in [1.54, 1.807) is 19.2 Å². The monoisotopic (exact) mass is 304 g/mol. The first-order valence-electron chi connectivity index (χ1n) is 7.04. The number of nitrogens with zero attached hydrogens (tertiary/aromatic N) is 2. The van der Waals surface area contributed by atoms with Gasteiger partial charge in [0.2, 0.25) is 0 Å². The maximum atomic E-state index is 13.0. The summed E-state index contributed by atoms with van der Waals surface area (Å²) in [6.07, 6.45) is -1.83. The third kappa shape index (κ3) is 2.47. The number of pyridine rings is 1. The van der Waals surface area contributed by atoms with Crippen LogP contribution in [0.4, 0.5) is 13.2 Å². The largest absolute Gasteiger partial charge is 0.416 e. The summed E-state index contributed by atoms with van der Waals surface area (Å²) >= 11 is 0. The Hall–Kier alpha value is -2.30. The minimum absolute atomic E-state index is 0.547. The van der Waals surface area contributed by atoms with Crippen molar-refractivity contribution in [1.82, 2.24) is 9.38 Å². The molecule has 0 spiro atoms. The number of aromatic nitrogens is 2. The van der Waals surface area contributed by atoms with Crippen LogP contribution in [0.2, 0.25) is 0 Å². The fourth-order valence-corrected chi connectivity index (χ4v) is 2.67. The van der Waals surface area contributed by atoms with Gasteiger partial charge in [-0.3, -0.25) is 4.40 Å². The van der Waals surface area contributed by atoms with Crippen LogP contribution in [-0.4, -0.2) is 9.38 Å². The molecule has 0 unspecified atom stereocenters. The van der Waals surface area contributed by atoms with Crippen LogP contribution in [-0.2, 0) is 12.6 Å². The molecule has 22 heavy (non-hydrogen) atoms. The second-order valence-electron chi connectivity index (χ2n) is 5.29. The van der Waals surface area contributed by atoms with Gasteiger partial charge in [0.25, 0.3) is 0 Å². The fraction of sp³-hybridized carbons (Fsp3) is 0.235. The maximum Gasteiger partial charge on any atom is 0.416 e. The molecule has 0 amide bonds.